The minimum Gasteiger partial charge on any atom is -0.496 e. The number of hydrogen-bond acceptors (Lipinski definition) is 5. The molecule has 1 saturated heterocycles. The van der Waals surface area contributed by atoms with Crippen molar-refractivity contribution in [1.29, 1.82) is 0 Å². The Morgan fingerprint density at radius 2 is 2.29 bits per heavy atom. The zero-order valence-electron chi connectivity index (χ0n) is 14.1. The van der Waals surface area contributed by atoms with Crippen LogP contribution in [-0.4, -0.2) is 42.5 Å². The Bertz CT molecular complexity index is 701. The van der Waals surface area contributed by atoms with Crippen LogP contribution in [0.5, 0.6) is 5.75 Å². The number of carbonyl (C=O) groups excluding carboxylic acids is 1. The van der Waals surface area contributed by atoms with E-state index in [0.29, 0.717) is 6.54 Å². The molecule has 1 unspecified atom stereocenters. The summed E-state index contributed by atoms with van der Waals surface area (Å²) >= 11 is 1.51. The van der Waals surface area contributed by atoms with Gasteiger partial charge in [0.2, 0.25) is 0 Å². The molecule has 1 aliphatic heterocycles. The smallest absolute Gasteiger partial charge is 0.266 e. The Morgan fingerprint density at radius 1 is 1.46 bits per heavy atom. The summed E-state index contributed by atoms with van der Waals surface area (Å²) in [5, 5.41) is 4.42. The fraction of sp³-hybridized carbons (Fsp3) is 0.444. The van der Waals surface area contributed by atoms with E-state index in [9.17, 15) is 4.79 Å². The zero-order chi connectivity index (χ0) is 16.9. The first-order valence-electron chi connectivity index (χ1n) is 8.34. The molecule has 1 amide bonds. The van der Waals surface area contributed by atoms with Gasteiger partial charge in [-0.05, 0) is 18.9 Å². The Morgan fingerprint density at radius 3 is 3.08 bits per heavy atom. The maximum Gasteiger partial charge on any atom is 0.266 e. The van der Waals surface area contributed by atoms with Crippen molar-refractivity contribution in [3.8, 4) is 5.75 Å². The van der Waals surface area contributed by atoms with Crippen molar-refractivity contribution >= 4 is 17.2 Å². The van der Waals surface area contributed by atoms with Crippen molar-refractivity contribution in [3.05, 3.63) is 45.9 Å². The van der Waals surface area contributed by atoms with Crippen LogP contribution in [0, 0.1) is 0 Å². The average Bonchev–Trinajstić information content (AvgIpc) is 3.10. The molecule has 1 aliphatic rings. The first kappa shape index (κ1) is 16.9. The van der Waals surface area contributed by atoms with E-state index in [1.165, 1.54) is 11.3 Å². The second kappa shape index (κ2) is 7.77. The number of amides is 1. The number of nitrogens with zero attached hydrogens (tertiary/aromatic N) is 2. The van der Waals surface area contributed by atoms with E-state index in [-0.39, 0.29) is 11.9 Å². The van der Waals surface area contributed by atoms with Crippen LogP contribution in [0.15, 0.2) is 30.5 Å². The van der Waals surface area contributed by atoms with Gasteiger partial charge >= 0.3 is 0 Å². The number of nitrogens with one attached hydrogen (secondary N) is 1. The molecule has 1 fully saturated rings. The third-order valence-corrected chi connectivity index (χ3v) is 5.28. The number of hydrogen-bond donors (Lipinski definition) is 1. The lowest BCUT2D eigenvalue weighted by molar-refractivity contribution is 0.0636. The molecule has 24 heavy (non-hydrogen) atoms. The number of carbonyl (C=O) groups is 1. The van der Waals surface area contributed by atoms with Gasteiger partial charge in [0.1, 0.15) is 10.6 Å². The number of thiazole rings is 1. The number of aromatic nitrogens is 1. The van der Waals surface area contributed by atoms with E-state index < -0.39 is 0 Å². The maximum absolute atomic E-state index is 13.0. The first-order valence-corrected chi connectivity index (χ1v) is 9.15. The highest BCUT2D eigenvalue weighted by Gasteiger charge is 2.31. The maximum atomic E-state index is 13.0. The quantitative estimate of drug-likeness (QED) is 0.905. The Labute approximate surface area is 146 Å². The van der Waals surface area contributed by atoms with Crippen molar-refractivity contribution in [1.82, 2.24) is 15.2 Å². The van der Waals surface area contributed by atoms with Crippen molar-refractivity contribution in [2.45, 2.75) is 25.8 Å². The van der Waals surface area contributed by atoms with Crippen molar-refractivity contribution in [2.24, 2.45) is 0 Å². The largest absolute Gasteiger partial charge is 0.496 e. The van der Waals surface area contributed by atoms with Crippen molar-refractivity contribution in [3.63, 3.8) is 0 Å². The van der Waals surface area contributed by atoms with E-state index in [0.717, 1.165) is 47.1 Å². The third-order valence-electron chi connectivity index (χ3n) is 4.23. The molecule has 3 rings (SSSR count). The van der Waals surface area contributed by atoms with Crippen molar-refractivity contribution < 1.29 is 9.53 Å². The number of para-hydroxylation sites is 1. The normalized spacial score (nSPS) is 17.8. The molecule has 1 aromatic heterocycles. The second-order valence-corrected chi connectivity index (χ2v) is 6.94. The van der Waals surface area contributed by atoms with E-state index in [2.05, 4.69) is 17.2 Å². The van der Waals surface area contributed by atoms with Crippen LogP contribution in [0.4, 0.5) is 0 Å². The highest BCUT2D eigenvalue weighted by Crippen LogP contribution is 2.31. The van der Waals surface area contributed by atoms with E-state index in [1.807, 2.05) is 29.2 Å². The molecular weight excluding hydrogens is 322 g/mol. The SMILES string of the molecule is CCCc1ncc(C(=O)N2CCNCC2c2ccccc2OC)s1. The molecule has 1 aromatic carbocycles. The molecule has 5 nitrogen and oxygen atoms in total. The lowest BCUT2D eigenvalue weighted by Gasteiger charge is -2.36. The molecule has 6 heteroatoms. The van der Waals surface area contributed by atoms with Gasteiger partial charge in [-0.15, -0.1) is 11.3 Å². The van der Waals surface area contributed by atoms with Crippen LogP contribution in [0.3, 0.4) is 0 Å². The second-order valence-electron chi connectivity index (χ2n) is 5.83. The summed E-state index contributed by atoms with van der Waals surface area (Å²) in [7, 11) is 1.67. The highest BCUT2D eigenvalue weighted by atomic mass is 32.1. The molecule has 0 aliphatic carbocycles. The van der Waals surface area contributed by atoms with Crippen LogP contribution in [-0.2, 0) is 6.42 Å². The van der Waals surface area contributed by atoms with Gasteiger partial charge in [-0.25, -0.2) is 4.98 Å². The number of methoxy groups -OCH3 is 1. The molecule has 1 atom stereocenters. The number of aryl methyl sites for hydroxylation is 1. The summed E-state index contributed by atoms with van der Waals surface area (Å²) < 4.78 is 5.49. The summed E-state index contributed by atoms with van der Waals surface area (Å²) in [4.78, 5) is 20.1. The number of piperazine rings is 1. The van der Waals surface area contributed by atoms with E-state index in [1.54, 1.807) is 13.3 Å². The molecule has 0 spiro atoms. The number of ether oxygens (including phenoxy) is 1. The molecular formula is C18H23N3O2S. The number of rotatable bonds is 5. The van der Waals surface area contributed by atoms with Crippen LogP contribution in [0.1, 0.15) is 39.6 Å². The van der Waals surface area contributed by atoms with Crippen LogP contribution < -0.4 is 10.1 Å². The van der Waals surface area contributed by atoms with E-state index in [4.69, 9.17) is 4.74 Å². The molecule has 2 aromatic rings. The van der Waals surface area contributed by atoms with Crippen LogP contribution in [0.2, 0.25) is 0 Å². The lowest BCUT2D eigenvalue weighted by atomic mass is 10.0. The standard InChI is InChI=1S/C18H23N3O2S/c1-3-6-17-20-12-16(24-17)18(22)21-10-9-19-11-14(21)13-7-4-5-8-15(13)23-2/h4-5,7-8,12,14,19H,3,6,9-11H2,1-2H3. The fourth-order valence-corrected chi connectivity index (χ4v) is 4.02. The van der Waals surface area contributed by atoms with Gasteiger partial charge in [-0.2, -0.15) is 0 Å². The molecule has 0 saturated carbocycles. The average molecular weight is 345 g/mol. The summed E-state index contributed by atoms with van der Waals surface area (Å²) in [5.41, 5.74) is 1.04. The van der Waals surface area contributed by atoms with Crippen molar-refractivity contribution in [2.75, 3.05) is 26.7 Å². The van der Waals surface area contributed by atoms with Crippen LogP contribution >= 0.6 is 11.3 Å². The minimum absolute atomic E-state index is 0.0286. The number of benzene rings is 1. The Balaban J connectivity index is 1.87. The molecule has 128 valence electrons. The first-order chi connectivity index (χ1) is 11.7. The summed E-state index contributed by atoms with van der Waals surface area (Å²) in [5.74, 6) is 0.882. The molecule has 2 heterocycles. The van der Waals surface area contributed by atoms with E-state index >= 15 is 0 Å². The third kappa shape index (κ3) is 3.44. The van der Waals surface area contributed by atoms with Crippen LogP contribution in [0.25, 0.3) is 0 Å². The van der Waals surface area contributed by atoms with Gasteiger partial charge in [0.05, 0.1) is 24.4 Å². The van der Waals surface area contributed by atoms with Gasteiger partial charge in [-0.1, -0.05) is 25.1 Å². The Kier molecular flexibility index (Phi) is 5.48. The Hall–Kier alpha value is -1.92. The predicted octanol–water partition coefficient (Wildman–Crippen LogP) is 2.89. The zero-order valence-corrected chi connectivity index (χ0v) is 14.9. The summed E-state index contributed by atoms with van der Waals surface area (Å²) in [6.07, 6.45) is 3.69. The predicted molar refractivity (Wildman–Crippen MR) is 95.8 cm³/mol. The molecule has 1 N–H and O–H groups in total. The van der Waals surface area contributed by atoms with Gasteiger partial charge in [0, 0.05) is 25.2 Å². The monoisotopic (exact) mass is 345 g/mol. The molecule has 0 bridgehead atoms. The fourth-order valence-electron chi connectivity index (χ4n) is 3.05. The van der Waals surface area contributed by atoms with Gasteiger partial charge in [0.15, 0.2) is 0 Å². The summed E-state index contributed by atoms with van der Waals surface area (Å²) in [6.45, 7) is 4.34. The molecule has 0 radical (unpaired) electrons. The van der Waals surface area contributed by atoms with Gasteiger partial charge in [0.25, 0.3) is 5.91 Å². The highest BCUT2D eigenvalue weighted by molar-refractivity contribution is 7.13. The summed E-state index contributed by atoms with van der Waals surface area (Å²) in [6, 6.07) is 7.88. The van der Waals surface area contributed by atoms with Gasteiger partial charge in [-0.3, -0.25) is 4.79 Å². The van der Waals surface area contributed by atoms with Gasteiger partial charge < -0.3 is 15.0 Å². The minimum atomic E-state index is -0.0286. The topological polar surface area (TPSA) is 54.5 Å². The lowest BCUT2D eigenvalue weighted by Crippen LogP contribution is -2.48.